The fraction of sp³-hybridized carbons (Fsp3) is 0.857. The zero-order valence-corrected chi connectivity index (χ0v) is 10.9. The van der Waals surface area contributed by atoms with Crippen LogP contribution in [-0.4, -0.2) is 46.8 Å². The van der Waals surface area contributed by atoms with Crippen molar-refractivity contribution in [3.63, 3.8) is 0 Å². The minimum atomic E-state index is -0.144. The summed E-state index contributed by atoms with van der Waals surface area (Å²) in [6.07, 6.45) is 8.32. The van der Waals surface area contributed by atoms with Crippen molar-refractivity contribution in [3.05, 3.63) is 0 Å². The Morgan fingerprint density at radius 1 is 0.667 bits per heavy atom. The van der Waals surface area contributed by atoms with Gasteiger partial charge in [-0.05, 0) is 25.7 Å². The quantitative estimate of drug-likeness (QED) is 0.654. The highest BCUT2D eigenvalue weighted by atomic mass is 16.2. The highest BCUT2D eigenvalue weighted by molar-refractivity contribution is 5.97. The van der Waals surface area contributed by atoms with Crippen LogP contribution in [0.1, 0.15) is 51.4 Å². The zero-order chi connectivity index (χ0) is 12.5. The average molecular weight is 250 g/mol. The summed E-state index contributed by atoms with van der Waals surface area (Å²) in [7, 11) is 0. The number of fused-ring (bicyclic) bond motifs is 2. The molecule has 4 nitrogen and oxygen atoms in total. The van der Waals surface area contributed by atoms with Gasteiger partial charge < -0.3 is 9.80 Å². The van der Waals surface area contributed by atoms with E-state index in [1.165, 1.54) is 0 Å². The van der Waals surface area contributed by atoms with Crippen LogP contribution in [-0.2, 0) is 9.59 Å². The Kier molecular flexibility index (Phi) is 3.27. The Hall–Kier alpha value is -1.06. The predicted molar refractivity (Wildman–Crippen MR) is 67.9 cm³/mol. The van der Waals surface area contributed by atoms with Crippen molar-refractivity contribution in [2.75, 3.05) is 13.1 Å². The molecule has 3 aliphatic heterocycles. The molecule has 3 rings (SSSR count). The smallest absolute Gasteiger partial charge is 0.246 e. The van der Waals surface area contributed by atoms with Crippen LogP contribution in [0.5, 0.6) is 0 Å². The molecule has 2 atom stereocenters. The molecule has 0 bridgehead atoms. The summed E-state index contributed by atoms with van der Waals surface area (Å²) in [4.78, 5) is 28.9. The van der Waals surface area contributed by atoms with Gasteiger partial charge in [0.2, 0.25) is 11.8 Å². The Morgan fingerprint density at radius 3 is 1.56 bits per heavy atom. The standard InChI is InChI=1S/C14H22N2O2/c17-13-11-7-3-1-5-9-15(11)14(18)12-8-4-2-6-10-16(12)13/h11-12H,1-10H2. The molecule has 2 amide bonds. The van der Waals surface area contributed by atoms with Crippen molar-refractivity contribution in [2.24, 2.45) is 0 Å². The van der Waals surface area contributed by atoms with E-state index in [9.17, 15) is 9.59 Å². The van der Waals surface area contributed by atoms with Crippen LogP contribution >= 0.6 is 0 Å². The van der Waals surface area contributed by atoms with Crippen LogP contribution in [0.15, 0.2) is 0 Å². The first kappa shape index (κ1) is 12.0. The molecule has 4 heteroatoms. The average Bonchev–Trinajstić information content (AvgIpc) is 2.76. The third kappa shape index (κ3) is 1.91. The van der Waals surface area contributed by atoms with Gasteiger partial charge in [0.05, 0.1) is 0 Å². The summed E-state index contributed by atoms with van der Waals surface area (Å²) in [5, 5.41) is 0. The summed E-state index contributed by atoms with van der Waals surface area (Å²) >= 11 is 0. The van der Waals surface area contributed by atoms with E-state index in [0.717, 1.165) is 64.5 Å². The first-order chi connectivity index (χ1) is 8.79. The van der Waals surface area contributed by atoms with Crippen LogP contribution in [0.25, 0.3) is 0 Å². The number of rotatable bonds is 0. The molecule has 2 unspecified atom stereocenters. The predicted octanol–water partition coefficient (Wildman–Crippen LogP) is 1.54. The van der Waals surface area contributed by atoms with Crippen molar-refractivity contribution >= 4 is 11.8 Å². The van der Waals surface area contributed by atoms with Gasteiger partial charge in [-0.3, -0.25) is 9.59 Å². The number of carbonyl (C=O) groups is 2. The molecule has 0 N–H and O–H groups in total. The molecule has 3 fully saturated rings. The van der Waals surface area contributed by atoms with Crippen molar-refractivity contribution in [1.29, 1.82) is 0 Å². The Labute approximate surface area is 108 Å². The van der Waals surface area contributed by atoms with Gasteiger partial charge in [0.25, 0.3) is 0 Å². The molecule has 0 saturated carbocycles. The Morgan fingerprint density at radius 2 is 1.11 bits per heavy atom. The summed E-state index contributed by atoms with van der Waals surface area (Å²) in [6.45, 7) is 1.58. The Balaban J connectivity index is 1.88. The van der Waals surface area contributed by atoms with E-state index >= 15 is 0 Å². The molecule has 3 heterocycles. The van der Waals surface area contributed by atoms with Crippen LogP contribution in [0.3, 0.4) is 0 Å². The number of carbonyl (C=O) groups excluding carboxylic acids is 2. The van der Waals surface area contributed by atoms with Crippen LogP contribution in [0.4, 0.5) is 0 Å². The van der Waals surface area contributed by atoms with Crippen molar-refractivity contribution < 1.29 is 9.59 Å². The van der Waals surface area contributed by atoms with E-state index in [0.29, 0.717) is 0 Å². The summed E-state index contributed by atoms with van der Waals surface area (Å²) in [5.41, 5.74) is 0. The molecule has 0 aromatic heterocycles. The first-order valence-electron chi connectivity index (χ1n) is 7.40. The molecule has 0 spiro atoms. The molecule has 18 heavy (non-hydrogen) atoms. The van der Waals surface area contributed by atoms with E-state index < -0.39 is 0 Å². The maximum absolute atomic E-state index is 12.6. The zero-order valence-electron chi connectivity index (χ0n) is 10.9. The van der Waals surface area contributed by atoms with Gasteiger partial charge in [-0.25, -0.2) is 0 Å². The lowest BCUT2D eigenvalue weighted by Crippen LogP contribution is -2.64. The third-order valence-electron chi connectivity index (χ3n) is 4.64. The summed E-state index contributed by atoms with van der Waals surface area (Å²) in [5.74, 6) is 0.451. The van der Waals surface area contributed by atoms with E-state index in [1.54, 1.807) is 0 Å². The number of hydrogen-bond donors (Lipinski definition) is 0. The maximum atomic E-state index is 12.6. The lowest BCUT2D eigenvalue weighted by atomic mass is 9.99. The third-order valence-corrected chi connectivity index (χ3v) is 4.64. The van der Waals surface area contributed by atoms with Gasteiger partial charge in [0.1, 0.15) is 12.1 Å². The molecule has 3 saturated heterocycles. The molecule has 3 aliphatic rings. The molecule has 0 radical (unpaired) electrons. The molecule has 0 aliphatic carbocycles. The lowest BCUT2D eigenvalue weighted by Gasteiger charge is -2.44. The highest BCUT2D eigenvalue weighted by Gasteiger charge is 2.45. The van der Waals surface area contributed by atoms with Gasteiger partial charge in [-0.2, -0.15) is 0 Å². The van der Waals surface area contributed by atoms with Gasteiger partial charge in [-0.15, -0.1) is 0 Å². The van der Waals surface area contributed by atoms with Gasteiger partial charge in [0.15, 0.2) is 0 Å². The fourth-order valence-electron chi connectivity index (χ4n) is 3.64. The SMILES string of the molecule is O=C1C2CCCCCN2C(=O)C2CCCCCN12. The maximum Gasteiger partial charge on any atom is 0.246 e. The van der Waals surface area contributed by atoms with Crippen LogP contribution in [0, 0.1) is 0 Å². The monoisotopic (exact) mass is 250 g/mol. The van der Waals surface area contributed by atoms with Crippen LogP contribution < -0.4 is 0 Å². The van der Waals surface area contributed by atoms with E-state index in [4.69, 9.17) is 0 Å². The minimum absolute atomic E-state index is 0.144. The summed E-state index contributed by atoms with van der Waals surface area (Å²) in [6, 6.07) is -0.288. The second-order valence-electron chi connectivity index (χ2n) is 5.79. The Bertz CT molecular complexity index is 294. The number of nitrogens with zero attached hydrogens (tertiary/aromatic N) is 2. The van der Waals surface area contributed by atoms with Crippen LogP contribution in [0.2, 0.25) is 0 Å². The normalized spacial score (nSPS) is 33.6. The number of hydrogen-bond acceptors (Lipinski definition) is 2. The second kappa shape index (κ2) is 4.90. The number of amides is 2. The molecular formula is C14H22N2O2. The molecule has 100 valence electrons. The first-order valence-corrected chi connectivity index (χ1v) is 7.40. The summed E-state index contributed by atoms with van der Waals surface area (Å²) < 4.78 is 0. The van der Waals surface area contributed by atoms with Crippen molar-refractivity contribution in [2.45, 2.75) is 63.5 Å². The fourth-order valence-corrected chi connectivity index (χ4v) is 3.64. The lowest BCUT2D eigenvalue weighted by molar-refractivity contribution is -0.161. The highest BCUT2D eigenvalue weighted by Crippen LogP contribution is 2.29. The van der Waals surface area contributed by atoms with Gasteiger partial charge >= 0.3 is 0 Å². The minimum Gasteiger partial charge on any atom is -0.329 e. The van der Waals surface area contributed by atoms with Gasteiger partial charge in [-0.1, -0.05) is 25.7 Å². The van der Waals surface area contributed by atoms with E-state index in [2.05, 4.69) is 0 Å². The van der Waals surface area contributed by atoms with E-state index in [-0.39, 0.29) is 23.9 Å². The number of piperazine rings is 1. The van der Waals surface area contributed by atoms with Crippen molar-refractivity contribution in [3.8, 4) is 0 Å². The largest absolute Gasteiger partial charge is 0.329 e. The van der Waals surface area contributed by atoms with Crippen molar-refractivity contribution in [1.82, 2.24) is 9.80 Å². The second-order valence-corrected chi connectivity index (χ2v) is 5.79. The molecule has 0 aromatic rings. The topological polar surface area (TPSA) is 40.6 Å². The molecule has 0 aromatic carbocycles. The van der Waals surface area contributed by atoms with Gasteiger partial charge in [0, 0.05) is 13.1 Å². The van der Waals surface area contributed by atoms with E-state index in [1.807, 2.05) is 9.80 Å². The molecular weight excluding hydrogens is 228 g/mol.